The summed E-state index contributed by atoms with van der Waals surface area (Å²) >= 11 is 0. The molecule has 0 saturated carbocycles. The average molecular weight is 535 g/mol. The summed E-state index contributed by atoms with van der Waals surface area (Å²) in [4.78, 5) is 0.333. The third kappa shape index (κ3) is 10.7. The van der Waals surface area contributed by atoms with Crippen molar-refractivity contribution in [2.45, 2.75) is 35.8 Å². The Morgan fingerprint density at radius 3 is 1.38 bits per heavy atom. The normalized spacial score (nSPS) is 13.0. The highest BCUT2D eigenvalue weighted by molar-refractivity contribution is 7.91. The molecular weight excluding hydrogens is 496 g/mol. The zero-order valence-corrected chi connectivity index (χ0v) is 22.5. The van der Waals surface area contributed by atoms with Gasteiger partial charge in [-0.05, 0) is 62.4 Å². The molecular formula is C28H38O8S. The standard InChI is InChI=1S/C28H38O8S/c1-5-17-31-19-25(33-7-3)21-35-23-9-13-27(14-10-23)37(29,30)28-15-11-24(12-16-28)36-22-26(34-8-4)20-32-18-6-2/h5-6,9-16,25-26H,1-2,7-8,17-22H2,3-4H3. The van der Waals surface area contributed by atoms with E-state index in [0.717, 1.165) is 0 Å². The van der Waals surface area contributed by atoms with Gasteiger partial charge in [0.2, 0.25) is 9.84 Å². The molecule has 0 amide bonds. The lowest BCUT2D eigenvalue weighted by atomic mass is 10.3. The largest absolute Gasteiger partial charge is 0.491 e. The zero-order valence-electron chi connectivity index (χ0n) is 21.7. The highest BCUT2D eigenvalue weighted by Gasteiger charge is 2.18. The van der Waals surface area contributed by atoms with Crippen LogP contribution in [0.25, 0.3) is 0 Å². The Bertz CT molecular complexity index is 942. The van der Waals surface area contributed by atoms with E-state index in [-0.39, 0.29) is 35.2 Å². The van der Waals surface area contributed by atoms with Crippen LogP contribution in [0.4, 0.5) is 0 Å². The van der Waals surface area contributed by atoms with E-state index >= 15 is 0 Å². The molecule has 2 aromatic rings. The third-order valence-corrected chi connectivity index (χ3v) is 6.81. The van der Waals surface area contributed by atoms with Gasteiger partial charge in [-0.15, -0.1) is 13.2 Å². The minimum Gasteiger partial charge on any atom is -0.491 e. The van der Waals surface area contributed by atoms with Gasteiger partial charge in [0.25, 0.3) is 0 Å². The second-order valence-corrected chi connectivity index (χ2v) is 9.82. The molecule has 0 aliphatic heterocycles. The van der Waals surface area contributed by atoms with Crippen molar-refractivity contribution in [3.8, 4) is 11.5 Å². The molecule has 0 aliphatic rings. The molecule has 37 heavy (non-hydrogen) atoms. The minimum absolute atomic E-state index is 0.167. The van der Waals surface area contributed by atoms with Crippen LogP contribution in [-0.4, -0.2) is 73.5 Å². The predicted molar refractivity (Wildman–Crippen MR) is 142 cm³/mol. The lowest BCUT2D eigenvalue weighted by molar-refractivity contribution is -0.0272. The number of hydrogen-bond acceptors (Lipinski definition) is 8. The maximum Gasteiger partial charge on any atom is 0.206 e. The van der Waals surface area contributed by atoms with Gasteiger partial charge in [0.15, 0.2) is 0 Å². The fourth-order valence-electron chi connectivity index (χ4n) is 3.27. The van der Waals surface area contributed by atoms with Crippen LogP contribution >= 0.6 is 0 Å². The van der Waals surface area contributed by atoms with Crippen LogP contribution in [0.3, 0.4) is 0 Å². The number of benzene rings is 2. The van der Waals surface area contributed by atoms with Crippen molar-refractivity contribution in [1.82, 2.24) is 0 Å². The first-order chi connectivity index (χ1) is 17.9. The maximum atomic E-state index is 13.1. The molecule has 2 rings (SSSR count). The monoisotopic (exact) mass is 534 g/mol. The summed E-state index contributed by atoms with van der Waals surface area (Å²) in [6.07, 6.45) is 2.86. The Balaban J connectivity index is 1.95. The lowest BCUT2D eigenvalue weighted by Gasteiger charge is -2.18. The van der Waals surface area contributed by atoms with Gasteiger partial charge < -0.3 is 28.4 Å². The molecule has 0 fully saturated rings. The van der Waals surface area contributed by atoms with Crippen LogP contribution in [0.2, 0.25) is 0 Å². The van der Waals surface area contributed by atoms with Gasteiger partial charge in [-0.2, -0.15) is 0 Å². The van der Waals surface area contributed by atoms with Crippen LogP contribution < -0.4 is 9.47 Å². The summed E-state index contributed by atoms with van der Waals surface area (Å²) in [6, 6.07) is 12.6. The minimum atomic E-state index is -3.70. The Labute approximate surface area is 220 Å². The smallest absolute Gasteiger partial charge is 0.206 e. The Morgan fingerprint density at radius 2 is 1.05 bits per heavy atom. The second-order valence-electron chi connectivity index (χ2n) is 7.88. The maximum absolute atomic E-state index is 13.1. The molecule has 0 bridgehead atoms. The van der Waals surface area contributed by atoms with Crippen molar-refractivity contribution >= 4 is 9.84 Å². The molecule has 0 heterocycles. The molecule has 0 radical (unpaired) electrons. The number of ether oxygens (including phenoxy) is 6. The highest BCUT2D eigenvalue weighted by atomic mass is 32.2. The summed E-state index contributed by atoms with van der Waals surface area (Å²) in [5.74, 6) is 1.08. The fourth-order valence-corrected chi connectivity index (χ4v) is 4.53. The molecule has 9 heteroatoms. The van der Waals surface area contributed by atoms with E-state index in [9.17, 15) is 8.42 Å². The fraction of sp³-hybridized carbons (Fsp3) is 0.429. The van der Waals surface area contributed by atoms with E-state index in [0.29, 0.717) is 51.1 Å². The van der Waals surface area contributed by atoms with Crippen molar-refractivity contribution in [3.63, 3.8) is 0 Å². The number of rotatable bonds is 20. The topological polar surface area (TPSA) is 89.5 Å². The van der Waals surface area contributed by atoms with Crippen LogP contribution in [0.1, 0.15) is 13.8 Å². The van der Waals surface area contributed by atoms with Crippen LogP contribution in [0, 0.1) is 0 Å². The predicted octanol–water partition coefficient (Wildman–Crippen LogP) is 4.49. The van der Waals surface area contributed by atoms with E-state index in [1.807, 2.05) is 13.8 Å². The van der Waals surface area contributed by atoms with E-state index in [4.69, 9.17) is 28.4 Å². The summed E-state index contributed by atoms with van der Waals surface area (Å²) in [6.45, 7) is 14.3. The Hall–Kier alpha value is -2.69. The summed E-state index contributed by atoms with van der Waals surface area (Å²) in [5, 5.41) is 0. The van der Waals surface area contributed by atoms with Crippen LogP contribution in [0.15, 0.2) is 83.6 Å². The van der Waals surface area contributed by atoms with Crippen molar-refractivity contribution < 1.29 is 36.8 Å². The molecule has 0 N–H and O–H groups in total. The summed E-state index contributed by atoms with van der Waals surface area (Å²) < 4.78 is 59.8. The molecule has 2 aromatic carbocycles. The number of hydrogen-bond donors (Lipinski definition) is 0. The van der Waals surface area contributed by atoms with Crippen molar-refractivity contribution in [2.24, 2.45) is 0 Å². The first-order valence-corrected chi connectivity index (χ1v) is 13.7. The molecule has 8 nitrogen and oxygen atoms in total. The van der Waals surface area contributed by atoms with Gasteiger partial charge in [0, 0.05) is 13.2 Å². The van der Waals surface area contributed by atoms with Gasteiger partial charge >= 0.3 is 0 Å². The zero-order chi connectivity index (χ0) is 26.9. The van der Waals surface area contributed by atoms with Gasteiger partial charge in [-0.25, -0.2) is 8.42 Å². The lowest BCUT2D eigenvalue weighted by Crippen LogP contribution is -2.27. The van der Waals surface area contributed by atoms with Crippen molar-refractivity contribution in [3.05, 3.63) is 73.8 Å². The SMILES string of the molecule is C=CCOCC(COc1ccc(S(=O)(=O)c2ccc(OCC(COCC=C)OCC)cc2)cc1)OCC. The molecule has 2 unspecified atom stereocenters. The van der Waals surface area contributed by atoms with Gasteiger partial charge in [-0.3, -0.25) is 0 Å². The second kappa shape index (κ2) is 16.9. The Morgan fingerprint density at radius 1 is 0.676 bits per heavy atom. The molecule has 204 valence electrons. The van der Waals surface area contributed by atoms with Crippen LogP contribution in [-0.2, 0) is 28.8 Å². The number of sulfone groups is 1. The van der Waals surface area contributed by atoms with Crippen molar-refractivity contribution in [1.29, 1.82) is 0 Å². The molecule has 0 saturated heterocycles. The summed E-state index contributed by atoms with van der Waals surface area (Å²) in [7, 11) is -3.70. The summed E-state index contributed by atoms with van der Waals surface area (Å²) in [5.41, 5.74) is 0. The van der Waals surface area contributed by atoms with E-state index in [1.54, 1.807) is 36.4 Å². The van der Waals surface area contributed by atoms with E-state index in [1.165, 1.54) is 24.3 Å². The average Bonchev–Trinajstić information content (AvgIpc) is 2.91. The first kappa shape index (κ1) is 30.5. The van der Waals surface area contributed by atoms with Gasteiger partial charge in [0.05, 0.1) is 36.2 Å². The van der Waals surface area contributed by atoms with E-state index in [2.05, 4.69) is 13.2 Å². The highest BCUT2D eigenvalue weighted by Crippen LogP contribution is 2.25. The molecule has 0 aliphatic carbocycles. The van der Waals surface area contributed by atoms with Gasteiger partial charge in [-0.1, -0.05) is 12.2 Å². The first-order valence-electron chi connectivity index (χ1n) is 12.3. The quantitative estimate of drug-likeness (QED) is 0.181. The Kier molecular flexibility index (Phi) is 14.0. The molecule has 0 spiro atoms. The van der Waals surface area contributed by atoms with Crippen molar-refractivity contribution in [2.75, 3.05) is 52.9 Å². The third-order valence-electron chi connectivity index (χ3n) is 5.02. The van der Waals surface area contributed by atoms with E-state index < -0.39 is 9.84 Å². The van der Waals surface area contributed by atoms with Crippen LogP contribution in [0.5, 0.6) is 11.5 Å². The molecule has 0 aromatic heterocycles. The van der Waals surface area contributed by atoms with Gasteiger partial charge in [0.1, 0.15) is 36.9 Å². The molecule has 2 atom stereocenters.